The molecule has 0 unspecified atom stereocenters. The lowest BCUT2D eigenvalue weighted by molar-refractivity contribution is -0.140. The Morgan fingerprint density at radius 1 is 1.03 bits per heavy atom. The number of rotatable bonds is 8. The number of ether oxygens (including phenoxy) is 1. The second-order valence-electron chi connectivity index (χ2n) is 7.72. The summed E-state index contributed by atoms with van der Waals surface area (Å²) in [6.07, 6.45) is 2.29. The molecular weight excluding hydrogens is 442 g/mol. The fourth-order valence-electron chi connectivity index (χ4n) is 3.81. The lowest BCUT2D eigenvalue weighted by Crippen LogP contribution is -2.29. The van der Waals surface area contributed by atoms with Crippen LogP contribution in [0.4, 0.5) is 0 Å². The van der Waals surface area contributed by atoms with Crippen LogP contribution in [-0.4, -0.2) is 39.2 Å². The quantitative estimate of drug-likeness (QED) is 0.260. The minimum atomic E-state index is -0.676. The molecular formula is C25H27NO6S. The van der Waals surface area contributed by atoms with Gasteiger partial charge in [-0.1, -0.05) is 18.2 Å². The van der Waals surface area contributed by atoms with E-state index in [0.717, 1.165) is 16.0 Å². The van der Waals surface area contributed by atoms with Crippen LogP contribution < -0.4 is 5.56 Å². The summed E-state index contributed by atoms with van der Waals surface area (Å²) in [5, 5.41) is 30.0. The molecule has 0 saturated heterocycles. The van der Waals surface area contributed by atoms with Crippen LogP contribution in [0.1, 0.15) is 34.7 Å². The van der Waals surface area contributed by atoms with Crippen molar-refractivity contribution in [2.75, 3.05) is 13.4 Å². The summed E-state index contributed by atoms with van der Waals surface area (Å²) in [5.74, 6) is -1.77. The van der Waals surface area contributed by atoms with E-state index in [-0.39, 0.29) is 29.2 Å². The molecule has 3 rings (SSSR count). The predicted octanol–water partition coefficient (Wildman–Crippen LogP) is 3.93. The number of nitrogens with zero attached hydrogens (tertiary/aromatic N) is 1. The Bertz CT molecular complexity index is 1200. The maximum absolute atomic E-state index is 13.5. The normalized spacial score (nSPS) is 11.8. The number of benzene rings is 2. The van der Waals surface area contributed by atoms with Crippen LogP contribution in [0.3, 0.4) is 0 Å². The van der Waals surface area contributed by atoms with Gasteiger partial charge in [-0.15, -0.1) is 11.8 Å². The molecule has 174 valence electrons. The monoisotopic (exact) mass is 469 g/mol. The minimum absolute atomic E-state index is 0.0905. The molecule has 33 heavy (non-hydrogen) atoms. The Hall–Kier alpha value is -3.39. The molecule has 1 aromatic heterocycles. The van der Waals surface area contributed by atoms with Crippen molar-refractivity contribution in [2.24, 2.45) is 0 Å². The van der Waals surface area contributed by atoms with E-state index in [1.807, 2.05) is 30.5 Å². The highest BCUT2D eigenvalue weighted by Gasteiger charge is 2.26. The molecule has 0 aliphatic rings. The lowest BCUT2D eigenvalue weighted by Gasteiger charge is -2.21. The zero-order chi connectivity index (χ0) is 24.1. The molecule has 7 nitrogen and oxygen atoms in total. The van der Waals surface area contributed by atoms with Crippen molar-refractivity contribution in [1.82, 2.24) is 4.57 Å². The number of hydrogen-bond donors (Lipinski definition) is 3. The summed E-state index contributed by atoms with van der Waals surface area (Å²) in [6, 6.07) is 13.5. The molecule has 0 spiro atoms. The van der Waals surface area contributed by atoms with Crippen LogP contribution in [0.5, 0.6) is 17.2 Å². The van der Waals surface area contributed by atoms with E-state index in [1.54, 1.807) is 29.3 Å². The number of phenols is 2. The van der Waals surface area contributed by atoms with Crippen molar-refractivity contribution in [1.29, 1.82) is 0 Å². The maximum atomic E-state index is 13.5. The van der Waals surface area contributed by atoms with Gasteiger partial charge in [0.15, 0.2) is 11.5 Å². The highest BCUT2D eigenvalue weighted by molar-refractivity contribution is 7.98. The number of carbonyl (C=O) groups excluding carboxylic acids is 1. The summed E-state index contributed by atoms with van der Waals surface area (Å²) in [5.41, 5.74) is 1.78. The molecule has 1 heterocycles. The second kappa shape index (κ2) is 10.5. The Morgan fingerprint density at radius 3 is 2.33 bits per heavy atom. The zero-order valence-electron chi connectivity index (χ0n) is 18.7. The predicted molar refractivity (Wildman–Crippen MR) is 127 cm³/mol. The number of thioether (sulfide) groups is 1. The number of carbonyl (C=O) groups is 1. The van der Waals surface area contributed by atoms with Crippen LogP contribution in [0.15, 0.2) is 58.2 Å². The standard InChI is InChI=1S/C25H27NO6S/c1-15-12-22(29)24(19(14-23(30)32-2)17-5-7-18(33-3)8-6-17)25(31)26(15)11-10-16-4-9-20(27)21(28)13-16/h4-9,12-13,19,27-29H,10-11,14H2,1-3H3/t19-/m1/s1. The number of pyridine rings is 1. The number of methoxy groups -OCH3 is 1. The molecule has 0 radical (unpaired) electrons. The molecule has 2 aromatic carbocycles. The van der Waals surface area contributed by atoms with Gasteiger partial charge in [-0.25, -0.2) is 0 Å². The van der Waals surface area contributed by atoms with E-state index >= 15 is 0 Å². The van der Waals surface area contributed by atoms with Gasteiger partial charge < -0.3 is 24.6 Å². The number of aryl methyl sites for hydroxylation is 2. The number of aromatic nitrogens is 1. The number of aromatic hydroxyl groups is 3. The highest BCUT2D eigenvalue weighted by atomic mass is 32.2. The average molecular weight is 470 g/mol. The average Bonchev–Trinajstić information content (AvgIpc) is 2.80. The number of hydrogen-bond acceptors (Lipinski definition) is 7. The van der Waals surface area contributed by atoms with Crippen LogP contribution >= 0.6 is 11.8 Å². The molecule has 0 bridgehead atoms. The Labute approximate surface area is 196 Å². The van der Waals surface area contributed by atoms with Crippen molar-refractivity contribution < 1.29 is 24.9 Å². The third-order valence-electron chi connectivity index (χ3n) is 5.65. The summed E-state index contributed by atoms with van der Waals surface area (Å²) in [7, 11) is 1.29. The van der Waals surface area contributed by atoms with E-state index in [9.17, 15) is 24.9 Å². The van der Waals surface area contributed by atoms with Gasteiger partial charge in [0.25, 0.3) is 5.56 Å². The smallest absolute Gasteiger partial charge is 0.306 e. The number of esters is 1. The largest absolute Gasteiger partial charge is 0.507 e. The van der Waals surface area contributed by atoms with Crippen LogP contribution in [0.2, 0.25) is 0 Å². The first-order chi connectivity index (χ1) is 15.7. The summed E-state index contributed by atoms with van der Waals surface area (Å²) in [4.78, 5) is 26.7. The van der Waals surface area contributed by atoms with Crippen molar-refractivity contribution in [3.8, 4) is 17.2 Å². The van der Waals surface area contributed by atoms with E-state index in [1.165, 1.54) is 25.3 Å². The molecule has 0 saturated carbocycles. The van der Waals surface area contributed by atoms with E-state index in [4.69, 9.17) is 4.74 Å². The molecule has 0 fully saturated rings. The molecule has 3 aromatic rings. The van der Waals surface area contributed by atoms with Gasteiger partial charge in [-0.3, -0.25) is 9.59 Å². The molecule has 0 aliphatic carbocycles. The Balaban J connectivity index is 2.03. The first-order valence-electron chi connectivity index (χ1n) is 10.4. The van der Waals surface area contributed by atoms with Crippen molar-refractivity contribution in [3.05, 3.63) is 81.3 Å². The molecule has 0 amide bonds. The van der Waals surface area contributed by atoms with Gasteiger partial charge in [0.2, 0.25) is 0 Å². The van der Waals surface area contributed by atoms with Crippen LogP contribution in [0.25, 0.3) is 0 Å². The first-order valence-corrected chi connectivity index (χ1v) is 11.6. The fourth-order valence-corrected chi connectivity index (χ4v) is 4.22. The highest BCUT2D eigenvalue weighted by Crippen LogP contribution is 2.33. The van der Waals surface area contributed by atoms with Gasteiger partial charge in [0, 0.05) is 23.1 Å². The fraction of sp³-hybridized carbons (Fsp3) is 0.280. The van der Waals surface area contributed by atoms with Gasteiger partial charge in [-0.2, -0.15) is 0 Å². The minimum Gasteiger partial charge on any atom is -0.507 e. The maximum Gasteiger partial charge on any atom is 0.306 e. The summed E-state index contributed by atoms with van der Waals surface area (Å²) in [6.45, 7) is 2.01. The first kappa shape index (κ1) is 24.3. The third-order valence-corrected chi connectivity index (χ3v) is 6.40. The van der Waals surface area contributed by atoms with Gasteiger partial charge in [0.05, 0.1) is 19.1 Å². The molecule has 8 heteroatoms. The van der Waals surface area contributed by atoms with Crippen molar-refractivity contribution in [2.45, 2.75) is 37.1 Å². The summed E-state index contributed by atoms with van der Waals surface area (Å²) >= 11 is 1.58. The second-order valence-corrected chi connectivity index (χ2v) is 8.60. The molecule has 0 aliphatic heterocycles. The molecule has 1 atom stereocenters. The van der Waals surface area contributed by atoms with E-state index in [2.05, 4.69) is 0 Å². The van der Waals surface area contributed by atoms with Crippen molar-refractivity contribution >= 4 is 17.7 Å². The van der Waals surface area contributed by atoms with Crippen molar-refractivity contribution in [3.63, 3.8) is 0 Å². The number of phenolic OH excluding ortho intramolecular Hbond substituents is 2. The van der Waals surface area contributed by atoms with Crippen LogP contribution in [-0.2, 0) is 22.5 Å². The van der Waals surface area contributed by atoms with Gasteiger partial charge in [-0.05, 0) is 61.1 Å². The van der Waals surface area contributed by atoms with Gasteiger partial charge in [0.1, 0.15) is 5.75 Å². The Kier molecular flexibility index (Phi) is 7.71. The lowest BCUT2D eigenvalue weighted by atomic mass is 9.88. The summed E-state index contributed by atoms with van der Waals surface area (Å²) < 4.78 is 6.39. The third kappa shape index (κ3) is 5.51. The van der Waals surface area contributed by atoms with E-state index < -0.39 is 17.4 Å². The zero-order valence-corrected chi connectivity index (χ0v) is 19.6. The van der Waals surface area contributed by atoms with Crippen LogP contribution in [0, 0.1) is 6.92 Å². The topological polar surface area (TPSA) is 109 Å². The molecule has 3 N–H and O–H groups in total. The Morgan fingerprint density at radius 2 is 1.73 bits per heavy atom. The SMILES string of the molecule is COC(=O)C[C@H](c1ccc(SC)cc1)c1c(O)cc(C)n(CCc2ccc(O)c(O)c2)c1=O. The van der Waals surface area contributed by atoms with Gasteiger partial charge >= 0.3 is 5.97 Å². The van der Waals surface area contributed by atoms with E-state index in [0.29, 0.717) is 18.7 Å².